The van der Waals surface area contributed by atoms with E-state index in [9.17, 15) is 4.79 Å². The topological polar surface area (TPSA) is 20.3 Å². The molecule has 2 heteroatoms. The Bertz CT molecular complexity index is 201. The highest BCUT2D eigenvalue weighted by atomic mass is 16.1. The minimum atomic E-state index is 0.237. The molecular weight excluding hydrogens is 186 g/mol. The number of piperidine rings is 1. The van der Waals surface area contributed by atoms with E-state index in [1.165, 1.54) is 12.8 Å². The van der Waals surface area contributed by atoms with Crippen LogP contribution >= 0.6 is 0 Å². The third kappa shape index (κ3) is 3.94. The molecule has 1 fully saturated rings. The van der Waals surface area contributed by atoms with Gasteiger partial charge in [-0.3, -0.25) is 9.69 Å². The molecule has 0 saturated carbocycles. The van der Waals surface area contributed by atoms with Crippen molar-refractivity contribution in [1.82, 2.24) is 4.90 Å². The molecule has 1 aliphatic heterocycles. The van der Waals surface area contributed by atoms with Crippen LogP contribution in [0.2, 0.25) is 0 Å². The molecule has 1 heterocycles. The normalized spacial score (nSPS) is 23.3. The van der Waals surface area contributed by atoms with Gasteiger partial charge in [0, 0.05) is 13.0 Å². The molecule has 0 N–H and O–H groups in total. The Morgan fingerprint density at radius 1 is 1.40 bits per heavy atom. The Morgan fingerprint density at radius 2 is 2.13 bits per heavy atom. The van der Waals surface area contributed by atoms with Crippen molar-refractivity contribution < 1.29 is 4.79 Å². The van der Waals surface area contributed by atoms with Crippen molar-refractivity contribution >= 4 is 5.78 Å². The van der Waals surface area contributed by atoms with Crippen LogP contribution in [0.1, 0.15) is 52.9 Å². The van der Waals surface area contributed by atoms with E-state index in [1.807, 2.05) is 0 Å². The highest BCUT2D eigenvalue weighted by Crippen LogP contribution is 2.20. The standard InChI is InChI=1S/C13H25NO/c1-4-7-13(15)12-8-5-6-9-14(12)10-11(2)3/h11-12H,4-10H2,1-3H3. The lowest BCUT2D eigenvalue weighted by molar-refractivity contribution is -0.125. The molecule has 0 aliphatic carbocycles. The van der Waals surface area contributed by atoms with Gasteiger partial charge in [-0.25, -0.2) is 0 Å². The van der Waals surface area contributed by atoms with E-state index >= 15 is 0 Å². The van der Waals surface area contributed by atoms with Gasteiger partial charge >= 0.3 is 0 Å². The van der Waals surface area contributed by atoms with Gasteiger partial charge in [-0.1, -0.05) is 27.2 Å². The Labute approximate surface area is 94.0 Å². The first-order valence-corrected chi connectivity index (χ1v) is 6.42. The van der Waals surface area contributed by atoms with Crippen LogP contribution in [0.3, 0.4) is 0 Å². The molecule has 0 aromatic carbocycles. The first-order chi connectivity index (χ1) is 7.15. The van der Waals surface area contributed by atoms with E-state index in [2.05, 4.69) is 25.7 Å². The molecule has 1 atom stereocenters. The van der Waals surface area contributed by atoms with E-state index in [0.717, 1.165) is 32.4 Å². The van der Waals surface area contributed by atoms with Crippen LogP contribution in [0.4, 0.5) is 0 Å². The zero-order valence-corrected chi connectivity index (χ0v) is 10.5. The minimum Gasteiger partial charge on any atom is -0.298 e. The van der Waals surface area contributed by atoms with Gasteiger partial charge in [0.15, 0.2) is 0 Å². The van der Waals surface area contributed by atoms with Crippen LogP contribution in [-0.2, 0) is 4.79 Å². The fourth-order valence-corrected chi connectivity index (χ4v) is 2.46. The zero-order chi connectivity index (χ0) is 11.3. The summed E-state index contributed by atoms with van der Waals surface area (Å²) >= 11 is 0. The lowest BCUT2D eigenvalue weighted by atomic mass is 9.95. The van der Waals surface area contributed by atoms with Crippen LogP contribution in [-0.4, -0.2) is 29.8 Å². The molecule has 0 radical (unpaired) electrons. The van der Waals surface area contributed by atoms with E-state index in [4.69, 9.17) is 0 Å². The summed E-state index contributed by atoms with van der Waals surface area (Å²) in [7, 11) is 0. The molecule has 1 saturated heterocycles. The Hall–Kier alpha value is -0.370. The number of carbonyl (C=O) groups is 1. The van der Waals surface area contributed by atoms with E-state index in [0.29, 0.717) is 11.7 Å². The average Bonchev–Trinajstić information content (AvgIpc) is 2.18. The molecule has 0 bridgehead atoms. The molecule has 15 heavy (non-hydrogen) atoms. The molecule has 0 aromatic rings. The van der Waals surface area contributed by atoms with Gasteiger partial charge in [0.2, 0.25) is 0 Å². The van der Waals surface area contributed by atoms with Crippen LogP contribution in [0.5, 0.6) is 0 Å². The number of hydrogen-bond acceptors (Lipinski definition) is 2. The summed E-state index contributed by atoms with van der Waals surface area (Å²) in [6.45, 7) is 8.76. The van der Waals surface area contributed by atoms with E-state index in [-0.39, 0.29) is 6.04 Å². The second-order valence-corrected chi connectivity index (χ2v) is 5.12. The van der Waals surface area contributed by atoms with Gasteiger partial charge in [-0.15, -0.1) is 0 Å². The largest absolute Gasteiger partial charge is 0.298 e. The number of rotatable bonds is 5. The lowest BCUT2D eigenvalue weighted by Gasteiger charge is -2.35. The molecule has 0 spiro atoms. The van der Waals surface area contributed by atoms with Crippen LogP contribution < -0.4 is 0 Å². The average molecular weight is 211 g/mol. The first kappa shape index (κ1) is 12.7. The maximum atomic E-state index is 11.9. The summed E-state index contributed by atoms with van der Waals surface area (Å²) < 4.78 is 0. The molecule has 1 unspecified atom stereocenters. The lowest BCUT2D eigenvalue weighted by Crippen LogP contribution is -2.46. The third-order valence-corrected chi connectivity index (χ3v) is 3.08. The number of hydrogen-bond donors (Lipinski definition) is 0. The van der Waals surface area contributed by atoms with Crippen LogP contribution in [0, 0.1) is 5.92 Å². The number of carbonyl (C=O) groups excluding carboxylic acids is 1. The highest BCUT2D eigenvalue weighted by Gasteiger charge is 2.27. The molecule has 1 rings (SSSR count). The first-order valence-electron chi connectivity index (χ1n) is 6.42. The smallest absolute Gasteiger partial charge is 0.149 e. The number of likely N-dealkylation sites (tertiary alicyclic amines) is 1. The van der Waals surface area contributed by atoms with Crippen molar-refractivity contribution in [2.24, 2.45) is 5.92 Å². The molecule has 0 amide bonds. The summed E-state index contributed by atoms with van der Waals surface area (Å²) in [5, 5.41) is 0. The summed E-state index contributed by atoms with van der Waals surface area (Å²) in [5.74, 6) is 1.14. The second kappa shape index (κ2) is 6.26. The fourth-order valence-electron chi connectivity index (χ4n) is 2.46. The second-order valence-electron chi connectivity index (χ2n) is 5.12. The van der Waals surface area contributed by atoms with Gasteiger partial charge in [0.25, 0.3) is 0 Å². The molecule has 2 nitrogen and oxygen atoms in total. The zero-order valence-electron chi connectivity index (χ0n) is 10.5. The van der Waals surface area contributed by atoms with Crippen molar-refractivity contribution in [2.45, 2.75) is 58.9 Å². The van der Waals surface area contributed by atoms with Crippen molar-refractivity contribution in [3.05, 3.63) is 0 Å². The van der Waals surface area contributed by atoms with Crippen molar-refractivity contribution in [3.63, 3.8) is 0 Å². The maximum Gasteiger partial charge on any atom is 0.149 e. The SMILES string of the molecule is CCCC(=O)C1CCCCN1CC(C)C. The number of Topliss-reactive ketones (excluding diaryl/α,β-unsaturated/α-hetero) is 1. The summed E-state index contributed by atoms with van der Waals surface area (Å²) in [6.07, 6.45) is 5.34. The Balaban J connectivity index is 2.52. The van der Waals surface area contributed by atoms with Gasteiger partial charge in [-0.05, 0) is 31.7 Å². The molecular formula is C13H25NO. The fraction of sp³-hybridized carbons (Fsp3) is 0.923. The van der Waals surface area contributed by atoms with Gasteiger partial charge in [0.1, 0.15) is 5.78 Å². The monoisotopic (exact) mass is 211 g/mol. The molecule has 0 aromatic heterocycles. The van der Waals surface area contributed by atoms with E-state index in [1.54, 1.807) is 0 Å². The van der Waals surface area contributed by atoms with E-state index < -0.39 is 0 Å². The summed E-state index contributed by atoms with van der Waals surface area (Å²) in [5.41, 5.74) is 0. The predicted molar refractivity (Wildman–Crippen MR) is 64.0 cm³/mol. The van der Waals surface area contributed by atoms with Gasteiger partial charge in [-0.2, -0.15) is 0 Å². The highest BCUT2D eigenvalue weighted by molar-refractivity contribution is 5.84. The quantitative estimate of drug-likeness (QED) is 0.697. The van der Waals surface area contributed by atoms with Gasteiger partial charge < -0.3 is 0 Å². The van der Waals surface area contributed by atoms with Crippen LogP contribution in [0.25, 0.3) is 0 Å². The predicted octanol–water partition coefficient (Wildman–Crippen LogP) is 2.87. The minimum absolute atomic E-state index is 0.237. The number of nitrogens with zero attached hydrogens (tertiary/aromatic N) is 1. The molecule has 88 valence electrons. The number of ketones is 1. The van der Waals surface area contributed by atoms with Crippen molar-refractivity contribution in [1.29, 1.82) is 0 Å². The van der Waals surface area contributed by atoms with Gasteiger partial charge in [0.05, 0.1) is 6.04 Å². The Kier molecular flexibility index (Phi) is 5.30. The van der Waals surface area contributed by atoms with Crippen LogP contribution in [0.15, 0.2) is 0 Å². The Morgan fingerprint density at radius 3 is 2.73 bits per heavy atom. The van der Waals surface area contributed by atoms with Crippen molar-refractivity contribution in [3.8, 4) is 0 Å². The summed E-state index contributed by atoms with van der Waals surface area (Å²) in [4.78, 5) is 14.4. The maximum absolute atomic E-state index is 11.9. The third-order valence-electron chi connectivity index (χ3n) is 3.08. The molecule has 1 aliphatic rings. The summed E-state index contributed by atoms with van der Waals surface area (Å²) in [6, 6.07) is 0.237. The van der Waals surface area contributed by atoms with Crippen molar-refractivity contribution in [2.75, 3.05) is 13.1 Å².